The minimum atomic E-state index is -0.674. The molecule has 1 amide bonds. The summed E-state index contributed by atoms with van der Waals surface area (Å²) in [4.78, 5) is 13.3. The van der Waals surface area contributed by atoms with Crippen LogP contribution in [0.5, 0.6) is 0 Å². The van der Waals surface area contributed by atoms with E-state index in [2.05, 4.69) is 15.9 Å². The normalized spacial score (nSPS) is 10.4. The molecule has 1 rings (SSSR count). The zero-order valence-electron chi connectivity index (χ0n) is 9.55. The summed E-state index contributed by atoms with van der Waals surface area (Å²) in [5.41, 5.74) is 0.224. The first kappa shape index (κ1) is 14.1. The molecule has 0 saturated carbocycles. The summed E-state index contributed by atoms with van der Waals surface area (Å²) >= 11 is 3.27. The number of rotatable bonds is 5. The third-order valence-corrected chi connectivity index (χ3v) is 2.97. The maximum atomic E-state index is 13.3. The number of hydrogen-bond acceptors (Lipinski definition) is 1. The summed E-state index contributed by atoms with van der Waals surface area (Å²) in [7, 11) is 1.67. The molecular formula is C12H14BrF2NO. The first-order valence-electron chi connectivity index (χ1n) is 5.28. The Kier molecular flexibility index (Phi) is 5.55. The highest BCUT2D eigenvalue weighted by atomic mass is 79.9. The van der Waals surface area contributed by atoms with E-state index in [0.717, 1.165) is 23.9 Å². The molecule has 0 aliphatic heterocycles. The number of carbonyl (C=O) groups is 1. The Hall–Kier alpha value is -0.970. The number of amides is 1. The van der Waals surface area contributed by atoms with Gasteiger partial charge in [0.05, 0.1) is 6.42 Å². The molecule has 2 nitrogen and oxygen atoms in total. The van der Waals surface area contributed by atoms with Crippen LogP contribution in [0, 0.1) is 11.6 Å². The Balaban J connectivity index is 2.61. The van der Waals surface area contributed by atoms with E-state index in [1.807, 2.05) is 0 Å². The first-order valence-corrected chi connectivity index (χ1v) is 6.40. The molecule has 0 aromatic heterocycles. The van der Waals surface area contributed by atoms with Crippen LogP contribution in [0.2, 0.25) is 0 Å². The molecule has 0 atom stereocenters. The zero-order chi connectivity index (χ0) is 12.8. The molecule has 0 unspecified atom stereocenters. The molecule has 0 heterocycles. The maximum Gasteiger partial charge on any atom is 0.226 e. The number of halogens is 3. The van der Waals surface area contributed by atoms with Crippen LogP contribution in [0.4, 0.5) is 8.78 Å². The van der Waals surface area contributed by atoms with Gasteiger partial charge in [-0.2, -0.15) is 0 Å². The second-order valence-electron chi connectivity index (χ2n) is 3.77. The van der Waals surface area contributed by atoms with E-state index >= 15 is 0 Å². The summed E-state index contributed by atoms with van der Waals surface area (Å²) in [6.07, 6.45) is 0.805. The lowest BCUT2D eigenvalue weighted by molar-refractivity contribution is -0.129. The van der Waals surface area contributed by atoms with Gasteiger partial charge in [-0.1, -0.05) is 22.0 Å². The van der Waals surface area contributed by atoms with Gasteiger partial charge in [0.15, 0.2) is 0 Å². The van der Waals surface area contributed by atoms with Crippen LogP contribution in [0.25, 0.3) is 0 Å². The van der Waals surface area contributed by atoms with Crippen LogP contribution >= 0.6 is 15.9 Å². The van der Waals surface area contributed by atoms with Crippen molar-refractivity contribution in [3.05, 3.63) is 35.4 Å². The molecular weight excluding hydrogens is 292 g/mol. The lowest BCUT2D eigenvalue weighted by atomic mass is 10.1. The molecule has 0 spiro atoms. The SMILES string of the molecule is CN(CCCBr)C(=O)Cc1ccc(F)cc1F. The van der Waals surface area contributed by atoms with Gasteiger partial charge in [-0.05, 0) is 18.1 Å². The fraction of sp³-hybridized carbons (Fsp3) is 0.417. The zero-order valence-corrected chi connectivity index (χ0v) is 11.1. The van der Waals surface area contributed by atoms with Gasteiger partial charge in [-0.3, -0.25) is 4.79 Å². The third kappa shape index (κ3) is 4.42. The van der Waals surface area contributed by atoms with Gasteiger partial charge in [0.2, 0.25) is 5.91 Å². The minimum absolute atomic E-state index is 0.0368. The Labute approximate surface area is 108 Å². The molecule has 5 heteroatoms. The van der Waals surface area contributed by atoms with Gasteiger partial charge in [-0.25, -0.2) is 8.78 Å². The topological polar surface area (TPSA) is 20.3 Å². The largest absolute Gasteiger partial charge is 0.345 e. The van der Waals surface area contributed by atoms with E-state index in [4.69, 9.17) is 0 Å². The highest BCUT2D eigenvalue weighted by Gasteiger charge is 2.12. The summed E-state index contributed by atoms with van der Waals surface area (Å²) < 4.78 is 26.0. The van der Waals surface area contributed by atoms with Crippen molar-refractivity contribution in [3.63, 3.8) is 0 Å². The first-order chi connectivity index (χ1) is 8.04. The Bertz CT molecular complexity index is 398. The summed E-state index contributed by atoms with van der Waals surface area (Å²) in [5.74, 6) is -1.48. The van der Waals surface area contributed by atoms with Gasteiger partial charge >= 0.3 is 0 Å². The van der Waals surface area contributed by atoms with E-state index < -0.39 is 11.6 Å². The van der Waals surface area contributed by atoms with E-state index in [-0.39, 0.29) is 17.9 Å². The molecule has 0 fully saturated rings. The molecule has 0 bridgehead atoms. The van der Waals surface area contributed by atoms with Gasteiger partial charge in [0.1, 0.15) is 11.6 Å². The van der Waals surface area contributed by atoms with E-state index in [1.54, 1.807) is 11.9 Å². The van der Waals surface area contributed by atoms with Crippen LogP contribution in [0.1, 0.15) is 12.0 Å². The Morgan fingerprint density at radius 1 is 1.41 bits per heavy atom. The van der Waals surface area contributed by atoms with Crippen molar-refractivity contribution in [2.24, 2.45) is 0 Å². The maximum absolute atomic E-state index is 13.3. The standard InChI is InChI=1S/C12H14BrF2NO/c1-16(6-2-5-13)12(17)7-9-3-4-10(14)8-11(9)15/h3-4,8H,2,5-7H2,1H3. The summed E-state index contributed by atoms with van der Waals surface area (Å²) in [6.45, 7) is 0.618. The predicted octanol–water partition coefficient (Wildman–Crippen LogP) is 2.75. The Morgan fingerprint density at radius 3 is 2.71 bits per heavy atom. The van der Waals surface area contributed by atoms with Gasteiger partial charge in [0, 0.05) is 25.0 Å². The quantitative estimate of drug-likeness (QED) is 0.766. The van der Waals surface area contributed by atoms with Gasteiger partial charge in [0.25, 0.3) is 0 Å². The third-order valence-electron chi connectivity index (χ3n) is 2.41. The summed E-state index contributed by atoms with van der Waals surface area (Å²) in [6, 6.07) is 3.26. The second-order valence-corrected chi connectivity index (χ2v) is 4.56. The molecule has 0 radical (unpaired) electrons. The van der Waals surface area contributed by atoms with E-state index in [1.165, 1.54) is 6.07 Å². The van der Waals surface area contributed by atoms with Crippen LogP contribution in [0.15, 0.2) is 18.2 Å². The smallest absolute Gasteiger partial charge is 0.226 e. The lowest BCUT2D eigenvalue weighted by Crippen LogP contribution is -2.29. The van der Waals surface area contributed by atoms with Crippen molar-refractivity contribution in [1.82, 2.24) is 4.90 Å². The monoisotopic (exact) mass is 305 g/mol. The molecule has 94 valence electrons. The van der Waals surface area contributed by atoms with E-state index in [9.17, 15) is 13.6 Å². The van der Waals surface area contributed by atoms with Crippen molar-refractivity contribution in [2.45, 2.75) is 12.8 Å². The molecule has 17 heavy (non-hydrogen) atoms. The molecule has 0 saturated heterocycles. The number of benzene rings is 1. The van der Waals surface area contributed by atoms with Crippen LogP contribution in [-0.2, 0) is 11.2 Å². The van der Waals surface area contributed by atoms with Crippen molar-refractivity contribution in [3.8, 4) is 0 Å². The fourth-order valence-electron chi connectivity index (χ4n) is 1.38. The molecule has 1 aromatic rings. The molecule has 0 N–H and O–H groups in total. The van der Waals surface area contributed by atoms with Crippen molar-refractivity contribution < 1.29 is 13.6 Å². The number of likely N-dealkylation sites (N-methyl/N-ethyl adjacent to an activating group) is 1. The predicted molar refractivity (Wildman–Crippen MR) is 66.1 cm³/mol. The number of carbonyl (C=O) groups excluding carboxylic acids is 1. The average Bonchev–Trinajstić information content (AvgIpc) is 2.29. The van der Waals surface area contributed by atoms with Crippen LogP contribution < -0.4 is 0 Å². The highest BCUT2D eigenvalue weighted by molar-refractivity contribution is 9.09. The average molecular weight is 306 g/mol. The molecule has 0 aliphatic rings. The van der Waals surface area contributed by atoms with Gasteiger partial charge in [-0.15, -0.1) is 0 Å². The van der Waals surface area contributed by atoms with E-state index in [0.29, 0.717) is 6.54 Å². The second kappa shape index (κ2) is 6.69. The number of hydrogen-bond donors (Lipinski definition) is 0. The van der Waals surface area contributed by atoms with Crippen LogP contribution in [0.3, 0.4) is 0 Å². The van der Waals surface area contributed by atoms with Crippen molar-refractivity contribution in [2.75, 3.05) is 18.9 Å². The van der Waals surface area contributed by atoms with Crippen LogP contribution in [-0.4, -0.2) is 29.7 Å². The van der Waals surface area contributed by atoms with Crippen molar-refractivity contribution >= 4 is 21.8 Å². The molecule has 0 aliphatic carbocycles. The lowest BCUT2D eigenvalue weighted by Gasteiger charge is -2.16. The number of nitrogens with zero attached hydrogens (tertiary/aromatic N) is 1. The molecule has 1 aromatic carbocycles. The minimum Gasteiger partial charge on any atom is -0.345 e. The van der Waals surface area contributed by atoms with Crippen molar-refractivity contribution in [1.29, 1.82) is 0 Å². The fourth-order valence-corrected chi connectivity index (χ4v) is 1.64. The number of alkyl halides is 1. The highest BCUT2D eigenvalue weighted by Crippen LogP contribution is 2.11. The Morgan fingerprint density at radius 2 is 2.12 bits per heavy atom. The van der Waals surface area contributed by atoms with Gasteiger partial charge < -0.3 is 4.90 Å². The summed E-state index contributed by atoms with van der Waals surface area (Å²) in [5, 5.41) is 0.815.